The molecule has 36 heavy (non-hydrogen) atoms. The van der Waals surface area contributed by atoms with Crippen LogP contribution < -0.4 is 27.2 Å². The SMILES string of the molecule is COc1ccc(Cn2c(=O)nc(NCc3cccnc3N)n(Cc3ccc4sccc4c3)c2=O)cc1. The van der Waals surface area contributed by atoms with Gasteiger partial charge < -0.3 is 15.8 Å². The first kappa shape index (κ1) is 23.3. The Balaban J connectivity index is 1.53. The third-order valence-corrected chi connectivity index (χ3v) is 6.77. The zero-order chi connectivity index (χ0) is 25.1. The van der Waals surface area contributed by atoms with Crippen molar-refractivity contribution in [1.29, 1.82) is 0 Å². The molecule has 0 atom stereocenters. The number of pyridine rings is 1. The maximum atomic E-state index is 13.6. The van der Waals surface area contributed by atoms with Crippen LogP contribution in [-0.2, 0) is 19.6 Å². The molecule has 9 nitrogen and oxygen atoms in total. The minimum absolute atomic E-state index is 0.0913. The lowest BCUT2D eigenvalue weighted by Gasteiger charge is -2.16. The number of ether oxygens (including phenoxy) is 1. The Hall–Kier alpha value is -4.44. The van der Waals surface area contributed by atoms with Gasteiger partial charge in [-0.3, -0.25) is 4.57 Å². The predicted octanol–water partition coefficient (Wildman–Crippen LogP) is 3.31. The quantitative estimate of drug-likeness (QED) is 0.336. The zero-order valence-corrected chi connectivity index (χ0v) is 20.4. The van der Waals surface area contributed by atoms with Crippen LogP contribution in [0.1, 0.15) is 16.7 Å². The lowest BCUT2D eigenvalue weighted by molar-refractivity contribution is 0.414. The maximum Gasteiger partial charge on any atom is 0.355 e. The number of anilines is 2. The van der Waals surface area contributed by atoms with E-state index in [0.29, 0.717) is 11.6 Å². The third kappa shape index (κ3) is 4.84. The smallest absolute Gasteiger partial charge is 0.355 e. The van der Waals surface area contributed by atoms with Crippen LogP contribution >= 0.6 is 11.3 Å². The number of hydrogen-bond acceptors (Lipinski definition) is 8. The third-order valence-electron chi connectivity index (χ3n) is 5.87. The van der Waals surface area contributed by atoms with Crippen molar-refractivity contribution in [3.05, 3.63) is 110 Å². The first-order valence-corrected chi connectivity index (χ1v) is 12.1. The number of nitrogen functional groups attached to an aromatic ring is 1. The number of benzene rings is 2. The Kier molecular flexibility index (Phi) is 6.50. The van der Waals surface area contributed by atoms with Crippen LogP contribution in [0.5, 0.6) is 5.75 Å². The molecule has 182 valence electrons. The Morgan fingerprint density at radius 3 is 2.56 bits per heavy atom. The summed E-state index contributed by atoms with van der Waals surface area (Å²) >= 11 is 1.66. The van der Waals surface area contributed by atoms with Gasteiger partial charge in [0, 0.05) is 23.0 Å². The lowest BCUT2D eigenvalue weighted by Crippen LogP contribution is -2.43. The van der Waals surface area contributed by atoms with Crippen LogP contribution in [0, 0.1) is 0 Å². The summed E-state index contributed by atoms with van der Waals surface area (Å²) in [4.78, 5) is 34.9. The van der Waals surface area contributed by atoms with Crippen molar-refractivity contribution < 1.29 is 4.74 Å². The van der Waals surface area contributed by atoms with E-state index in [1.54, 1.807) is 42.8 Å². The highest BCUT2D eigenvalue weighted by molar-refractivity contribution is 7.17. The minimum atomic E-state index is -0.637. The number of rotatable bonds is 8. The Bertz CT molecular complexity index is 1640. The Morgan fingerprint density at radius 2 is 1.78 bits per heavy atom. The number of aromatic nitrogens is 4. The molecule has 0 saturated heterocycles. The molecular weight excluding hydrogens is 476 g/mol. The van der Waals surface area contributed by atoms with Crippen molar-refractivity contribution in [1.82, 2.24) is 19.1 Å². The van der Waals surface area contributed by atoms with Crippen molar-refractivity contribution in [2.45, 2.75) is 19.6 Å². The van der Waals surface area contributed by atoms with E-state index in [1.165, 1.54) is 9.27 Å². The molecule has 0 saturated carbocycles. The number of methoxy groups -OCH3 is 1. The standard InChI is InChI=1S/C26H24N6O3S/c1-35-21-7-4-17(5-8-21)15-32-25(33)30-24(29-14-20-3-2-11-28-23(20)27)31(26(32)34)16-18-6-9-22-19(13-18)10-12-36-22/h2-13H,14-16H2,1H3,(H2,27,28)(H,29,30,33). The molecule has 3 aromatic heterocycles. The van der Waals surface area contributed by atoms with Crippen molar-refractivity contribution in [3.8, 4) is 5.75 Å². The molecule has 0 radical (unpaired) electrons. The van der Waals surface area contributed by atoms with Crippen LogP contribution in [-0.4, -0.2) is 26.2 Å². The van der Waals surface area contributed by atoms with Crippen molar-refractivity contribution in [2.75, 3.05) is 18.2 Å². The molecule has 3 heterocycles. The lowest BCUT2D eigenvalue weighted by atomic mass is 10.1. The second-order valence-corrected chi connectivity index (χ2v) is 9.16. The Morgan fingerprint density at radius 1 is 1.00 bits per heavy atom. The highest BCUT2D eigenvalue weighted by Gasteiger charge is 2.15. The molecule has 0 unspecified atom stereocenters. The summed E-state index contributed by atoms with van der Waals surface area (Å²) in [5.41, 5.74) is 7.31. The second kappa shape index (κ2) is 10.0. The van der Waals surface area contributed by atoms with Gasteiger partial charge in [0.2, 0.25) is 5.95 Å². The van der Waals surface area contributed by atoms with Crippen LogP contribution in [0.2, 0.25) is 0 Å². The van der Waals surface area contributed by atoms with E-state index in [-0.39, 0.29) is 25.6 Å². The number of thiophene rings is 1. The molecule has 10 heteroatoms. The van der Waals surface area contributed by atoms with Gasteiger partial charge in [-0.25, -0.2) is 19.1 Å². The van der Waals surface area contributed by atoms with E-state index >= 15 is 0 Å². The fourth-order valence-corrected chi connectivity index (χ4v) is 4.70. The van der Waals surface area contributed by atoms with Gasteiger partial charge >= 0.3 is 11.4 Å². The van der Waals surface area contributed by atoms with Crippen LogP contribution in [0.4, 0.5) is 11.8 Å². The van der Waals surface area contributed by atoms with Gasteiger partial charge in [-0.15, -0.1) is 11.3 Å². The van der Waals surface area contributed by atoms with E-state index in [0.717, 1.165) is 26.6 Å². The summed E-state index contributed by atoms with van der Waals surface area (Å²) in [6.45, 7) is 0.594. The number of nitrogens with two attached hydrogens (primary N) is 1. The van der Waals surface area contributed by atoms with Gasteiger partial charge in [-0.2, -0.15) is 4.98 Å². The van der Waals surface area contributed by atoms with Crippen LogP contribution in [0.25, 0.3) is 10.1 Å². The molecule has 5 aromatic rings. The average Bonchev–Trinajstić information content (AvgIpc) is 3.36. The summed E-state index contributed by atoms with van der Waals surface area (Å²) in [6, 6.07) is 18.9. The molecule has 0 aliphatic heterocycles. The molecule has 3 N–H and O–H groups in total. The number of nitrogens with one attached hydrogen (secondary N) is 1. The summed E-state index contributed by atoms with van der Waals surface area (Å²) in [7, 11) is 1.58. The van der Waals surface area contributed by atoms with Crippen molar-refractivity contribution >= 4 is 33.2 Å². The fourth-order valence-electron chi connectivity index (χ4n) is 3.93. The van der Waals surface area contributed by atoms with Crippen LogP contribution in [0.15, 0.2) is 81.8 Å². The normalized spacial score (nSPS) is 11.0. The monoisotopic (exact) mass is 500 g/mol. The number of nitrogens with zero attached hydrogens (tertiary/aromatic N) is 4. The minimum Gasteiger partial charge on any atom is -0.497 e. The number of fused-ring (bicyclic) bond motifs is 1. The van der Waals surface area contributed by atoms with E-state index in [2.05, 4.69) is 15.3 Å². The maximum absolute atomic E-state index is 13.6. The molecule has 0 amide bonds. The molecule has 0 aliphatic rings. The first-order chi connectivity index (χ1) is 17.5. The first-order valence-electron chi connectivity index (χ1n) is 11.3. The topological polar surface area (TPSA) is 117 Å². The molecular formula is C26H24N6O3S. The molecule has 0 fully saturated rings. The Labute approximate surface area is 210 Å². The predicted molar refractivity (Wildman–Crippen MR) is 142 cm³/mol. The van der Waals surface area contributed by atoms with Crippen LogP contribution in [0.3, 0.4) is 0 Å². The van der Waals surface area contributed by atoms with Crippen molar-refractivity contribution in [2.24, 2.45) is 0 Å². The molecule has 5 rings (SSSR count). The molecule has 0 bridgehead atoms. The second-order valence-electron chi connectivity index (χ2n) is 8.22. The van der Waals surface area contributed by atoms with Gasteiger partial charge in [-0.05, 0) is 58.3 Å². The zero-order valence-electron chi connectivity index (χ0n) is 19.5. The molecule has 0 spiro atoms. The van der Waals surface area contributed by atoms with E-state index in [9.17, 15) is 9.59 Å². The highest BCUT2D eigenvalue weighted by atomic mass is 32.1. The fraction of sp³-hybridized carbons (Fsp3) is 0.154. The van der Waals surface area contributed by atoms with Gasteiger partial charge in [0.05, 0.1) is 20.2 Å². The molecule has 2 aromatic carbocycles. The number of hydrogen-bond donors (Lipinski definition) is 2. The van der Waals surface area contributed by atoms with Gasteiger partial charge in [0.25, 0.3) is 0 Å². The average molecular weight is 501 g/mol. The van der Waals surface area contributed by atoms with Gasteiger partial charge in [0.1, 0.15) is 11.6 Å². The summed E-state index contributed by atoms with van der Waals surface area (Å²) in [5.74, 6) is 1.24. The highest BCUT2D eigenvalue weighted by Crippen LogP contribution is 2.22. The summed E-state index contributed by atoms with van der Waals surface area (Å²) < 4.78 is 8.97. The summed E-state index contributed by atoms with van der Waals surface area (Å²) in [5, 5.41) is 6.24. The van der Waals surface area contributed by atoms with E-state index < -0.39 is 11.4 Å². The summed E-state index contributed by atoms with van der Waals surface area (Å²) in [6.07, 6.45) is 1.61. The van der Waals surface area contributed by atoms with Gasteiger partial charge in [-0.1, -0.05) is 24.3 Å². The molecule has 0 aliphatic carbocycles. The van der Waals surface area contributed by atoms with E-state index in [1.807, 2.05) is 47.8 Å². The van der Waals surface area contributed by atoms with E-state index in [4.69, 9.17) is 10.5 Å². The largest absolute Gasteiger partial charge is 0.497 e. The van der Waals surface area contributed by atoms with Crippen molar-refractivity contribution in [3.63, 3.8) is 0 Å². The van der Waals surface area contributed by atoms with Gasteiger partial charge in [0.15, 0.2) is 0 Å².